The molecule has 0 aliphatic rings. The highest BCUT2D eigenvalue weighted by Crippen LogP contribution is 2.10. The van der Waals surface area contributed by atoms with Crippen LogP contribution in [0, 0.1) is 0 Å². The predicted octanol–water partition coefficient (Wildman–Crippen LogP) is 2.35. The van der Waals surface area contributed by atoms with E-state index in [0.29, 0.717) is 11.3 Å². The number of rotatable bonds is 5. The summed E-state index contributed by atoms with van der Waals surface area (Å²) < 4.78 is 0.902. The average Bonchev–Trinajstić information content (AvgIpc) is 2.37. The molecular formula is C12H15BrN2O2S. The van der Waals surface area contributed by atoms with Crippen LogP contribution < -0.4 is 10.9 Å². The van der Waals surface area contributed by atoms with Crippen LogP contribution in [0.1, 0.15) is 23.7 Å². The predicted molar refractivity (Wildman–Crippen MR) is 77.4 cm³/mol. The Kier molecular flexibility index (Phi) is 6.82. The maximum Gasteiger partial charge on any atom is 0.269 e. The number of nitrogens with one attached hydrogen (secondary N) is 2. The molecule has 0 spiro atoms. The number of benzene rings is 1. The van der Waals surface area contributed by atoms with E-state index in [-0.39, 0.29) is 11.8 Å². The summed E-state index contributed by atoms with van der Waals surface area (Å²) in [6.07, 6.45) is 1.03. The largest absolute Gasteiger partial charge is 0.272 e. The summed E-state index contributed by atoms with van der Waals surface area (Å²) in [5, 5.41) is 0. The number of carbonyl (C=O) groups is 2. The number of thioether (sulfide) groups is 1. The molecule has 0 radical (unpaired) electrons. The molecule has 1 aromatic carbocycles. The molecule has 0 unspecified atom stereocenters. The first kappa shape index (κ1) is 15.0. The van der Waals surface area contributed by atoms with E-state index in [1.54, 1.807) is 36.0 Å². The summed E-state index contributed by atoms with van der Waals surface area (Å²) >= 11 is 4.83. The topological polar surface area (TPSA) is 58.2 Å². The van der Waals surface area contributed by atoms with E-state index in [1.165, 1.54) is 0 Å². The van der Waals surface area contributed by atoms with Gasteiger partial charge in [0, 0.05) is 10.0 Å². The fourth-order valence-electron chi connectivity index (χ4n) is 1.15. The first-order chi connectivity index (χ1) is 8.63. The third-order valence-corrected chi connectivity index (χ3v) is 3.70. The molecule has 4 nitrogen and oxygen atoms in total. The number of hydrazine groups is 1. The zero-order chi connectivity index (χ0) is 13.4. The lowest BCUT2D eigenvalue weighted by atomic mass is 10.2. The molecule has 0 heterocycles. The quantitative estimate of drug-likeness (QED) is 0.643. The lowest BCUT2D eigenvalue weighted by Gasteiger charge is -2.07. The molecule has 0 aliphatic heterocycles. The Labute approximate surface area is 119 Å². The van der Waals surface area contributed by atoms with Crippen LogP contribution >= 0.6 is 27.7 Å². The van der Waals surface area contributed by atoms with Crippen LogP contribution in [0.2, 0.25) is 0 Å². The van der Waals surface area contributed by atoms with Crippen molar-refractivity contribution in [1.82, 2.24) is 10.9 Å². The Bertz CT molecular complexity index is 409. The number of hydrogen-bond acceptors (Lipinski definition) is 3. The minimum Gasteiger partial charge on any atom is -0.272 e. The van der Waals surface area contributed by atoms with Crippen molar-refractivity contribution in [3.05, 3.63) is 34.3 Å². The lowest BCUT2D eigenvalue weighted by Crippen LogP contribution is -2.42. The van der Waals surface area contributed by atoms with Gasteiger partial charge < -0.3 is 0 Å². The number of hydrogen-bond donors (Lipinski definition) is 2. The van der Waals surface area contributed by atoms with E-state index in [2.05, 4.69) is 33.7 Å². The molecule has 0 aliphatic carbocycles. The monoisotopic (exact) mass is 330 g/mol. The SMILES string of the molecule is CCCSCC(=O)NNC(=O)c1ccc(Br)cc1. The van der Waals surface area contributed by atoms with Gasteiger partial charge in [-0.05, 0) is 36.4 Å². The van der Waals surface area contributed by atoms with E-state index >= 15 is 0 Å². The van der Waals surface area contributed by atoms with Crippen molar-refractivity contribution in [1.29, 1.82) is 0 Å². The average molecular weight is 331 g/mol. The fourth-order valence-corrected chi connectivity index (χ4v) is 2.10. The molecule has 0 saturated heterocycles. The van der Waals surface area contributed by atoms with E-state index < -0.39 is 0 Å². The molecule has 1 aromatic rings. The van der Waals surface area contributed by atoms with Crippen molar-refractivity contribution in [2.45, 2.75) is 13.3 Å². The molecule has 0 fully saturated rings. The summed E-state index contributed by atoms with van der Waals surface area (Å²) in [5.41, 5.74) is 5.26. The van der Waals surface area contributed by atoms with Crippen molar-refractivity contribution in [2.24, 2.45) is 0 Å². The minimum absolute atomic E-state index is 0.195. The number of carbonyl (C=O) groups excluding carboxylic acids is 2. The Morgan fingerprint density at radius 1 is 1.22 bits per heavy atom. The van der Waals surface area contributed by atoms with Crippen molar-refractivity contribution in [2.75, 3.05) is 11.5 Å². The Hall–Kier alpha value is -1.01. The fraction of sp³-hybridized carbons (Fsp3) is 0.333. The van der Waals surface area contributed by atoms with E-state index in [9.17, 15) is 9.59 Å². The summed E-state index contributed by atoms with van der Waals surface area (Å²) in [4.78, 5) is 23.0. The van der Waals surface area contributed by atoms with Crippen LogP contribution in [-0.4, -0.2) is 23.3 Å². The van der Waals surface area contributed by atoms with Gasteiger partial charge in [-0.25, -0.2) is 0 Å². The third-order valence-electron chi connectivity index (χ3n) is 2.00. The van der Waals surface area contributed by atoms with Gasteiger partial charge in [-0.1, -0.05) is 22.9 Å². The first-order valence-electron chi connectivity index (χ1n) is 5.56. The van der Waals surface area contributed by atoms with Gasteiger partial charge in [0.15, 0.2) is 0 Å². The van der Waals surface area contributed by atoms with Crippen molar-refractivity contribution < 1.29 is 9.59 Å². The third kappa shape index (κ3) is 5.55. The van der Waals surface area contributed by atoms with Crippen molar-refractivity contribution >= 4 is 39.5 Å². The van der Waals surface area contributed by atoms with E-state index in [0.717, 1.165) is 16.6 Å². The molecule has 6 heteroatoms. The maximum atomic E-state index is 11.6. The molecule has 1 rings (SSSR count). The molecule has 18 heavy (non-hydrogen) atoms. The highest BCUT2D eigenvalue weighted by atomic mass is 79.9. The van der Waals surface area contributed by atoms with Gasteiger partial charge in [0.05, 0.1) is 5.75 Å². The smallest absolute Gasteiger partial charge is 0.269 e. The van der Waals surface area contributed by atoms with Crippen molar-refractivity contribution in [3.8, 4) is 0 Å². The Morgan fingerprint density at radius 2 is 1.89 bits per heavy atom. The molecule has 0 bridgehead atoms. The number of amides is 2. The van der Waals surface area contributed by atoms with Gasteiger partial charge in [-0.2, -0.15) is 11.8 Å². The number of halogens is 1. The first-order valence-corrected chi connectivity index (χ1v) is 7.50. The van der Waals surface area contributed by atoms with Crippen LogP contribution in [0.5, 0.6) is 0 Å². The van der Waals surface area contributed by atoms with Crippen LogP contribution in [0.15, 0.2) is 28.7 Å². The van der Waals surface area contributed by atoms with E-state index in [4.69, 9.17) is 0 Å². The second kappa shape index (κ2) is 8.16. The Morgan fingerprint density at radius 3 is 2.50 bits per heavy atom. The normalized spacial score (nSPS) is 9.89. The van der Waals surface area contributed by atoms with Crippen LogP contribution in [-0.2, 0) is 4.79 Å². The van der Waals surface area contributed by atoms with Gasteiger partial charge in [0.2, 0.25) is 5.91 Å². The van der Waals surface area contributed by atoms with Gasteiger partial charge in [0.1, 0.15) is 0 Å². The summed E-state index contributed by atoms with van der Waals surface area (Å²) in [6, 6.07) is 6.90. The lowest BCUT2D eigenvalue weighted by molar-refractivity contribution is -0.119. The molecule has 0 atom stereocenters. The second-order valence-corrected chi connectivity index (χ2v) is 5.58. The standard InChI is InChI=1S/C12H15BrN2O2S/c1-2-7-18-8-11(16)14-15-12(17)9-3-5-10(13)6-4-9/h3-6H,2,7-8H2,1H3,(H,14,16)(H,15,17). The summed E-state index contributed by atoms with van der Waals surface area (Å²) in [7, 11) is 0. The Balaban J connectivity index is 2.32. The van der Waals surface area contributed by atoms with Crippen LogP contribution in [0.4, 0.5) is 0 Å². The summed E-state index contributed by atoms with van der Waals surface area (Å²) in [5.74, 6) is 0.776. The second-order valence-electron chi connectivity index (χ2n) is 3.56. The molecule has 98 valence electrons. The van der Waals surface area contributed by atoms with Crippen LogP contribution in [0.3, 0.4) is 0 Å². The van der Waals surface area contributed by atoms with Gasteiger partial charge >= 0.3 is 0 Å². The van der Waals surface area contributed by atoms with Gasteiger partial charge in [-0.3, -0.25) is 20.4 Å². The van der Waals surface area contributed by atoms with E-state index in [1.807, 2.05) is 0 Å². The zero-order valence-corrected chi connectivity index (χ0v) is 12.4. The zero-order valence-electron chi connectivity index (χ0n) is 10.0. The summed E-state index contributed by atoms with van der Waals surface area (Å²) in [6.45, 7) is 2.06. The minimum atomic E-state index is -0.323. The maximum absolute atomic E-state index is 11.6. The van der Waals surface area contributed by atoms with Crippen molar-refractivity contribution in [3.63, 3.8) is 0 Å². The molecular weight excluding hydrogens is 316 g/mol. The molecule has 0 saturated carbocycles. The van der Waals surface area contributed by atoms with Gasteiger partial charge in [0.25, 0.3) is 5.91 Å². The molecule has 2 N–H and O–H groups in total. The van der Waals surface area contributed by atoms with Crippen LogP contribution in [0.25, 0.3) is 0 Å². The highest BCUT2D eigenvalue weighted by Gasteiger charge is 2.06. The van der Waals surface area contributed by atoms with Gasteiger partial charge in [-0.15, -0.1) is 0 Å². The highest BCUT2D eigenvalue weighted by molar-refractivity contribution is 9.10. The molecule has 0 aromatic heterocycles. The molecule has 2 amide bonds.